The van der Waals surface area contributed by atoms with Gasteiger partial charge in [0.1, 0.15) is 0 Å². The van der Waals surface area contributed by atoms with Crippen LogP contribution < -0.4 is 0 Å². The highest BCUT2D eigenvalue weighted by molar-refractivity contribution is 5.07. The van der Waals surface area contributed by atoms with E-state index in [4.69, 9.17) is 0 Å². The third-order valence-electron chi connectivity index (χ3n) is 7.89. The van der Waals surface area contributed by atoms with Crippen LogP contribution in [-0.4, -0.2) is 11.2 Å². The van der Waals surface area contributed by atoms with Crippen LogP contribution in [0.1, 0.15) is 79.6 Å². The fraction of sp³-hybridized carbons (Fsp3) is 1.00. The fourth-order valence-corrected chi connectivity index (χ4v) is 6.63. The van der Waals surface area contributed by atoms with Gasteiger partial charge in [-0.1, -0.05) is 41.0 Å². The Bertz CT molecular complexity index is 387. The van der Waals surface area contributed by atoms with E-state index in [1.54, 1.807) is 0 Å². The molecule has 1 N–H and O–H groups in total. The minimum absolute atomic E-state index is 0.0521. The van der Waals surface area contributed by atoms with Crippen LogP contribution in [0, 0.1) is 40.4 Å². The van der Waals surface area contributed by atoms with E-state index in [2.05, 4.69) is 34.6 Å². The molecular formula is C20H36O. The summed E-state index contributed by atoms with van der Waals surface area (Å²) >= 11 is 0. The molecule has 3 aliphatic rings. The molecule has 0 radical (unpaired) electrons. The second kappa shape index (κ2) is 5.25. The van der Waals surface area contributed by atoms with Gasteiger partial charge in [0, 0.05) is 0 Å². The number of aliphatic hydroxyl groups excluding tert-OH is 1. The topological polar surface area (TPSA) is 20.2 Å². The van der Waals surface area contributed by atoms with Gasteiger partial charge in [0.2, 0.25) is 0 Å². The monoisotopic (exact) mass is 292 g/mol. The van der Waals surface area contributed by atoms with Gasteiger partial charge in [-0.3, -0.25) is 0 Å². The van der Waals surface area contributed by atoms with Crippen LogP contribution in [0.4, 0.5) is 0 Å². The van der Waals surface area contributed by atoms with Gasteiger partial charge in [-0.25, -0.2) is 0 Å². The molecule has 0 aromatic carbocycles. The summed E-state index contributed by atoms with van der Waals surface area (Å²) in [5.74, 6) is 4.01. The first-order valence-corrected chi connectivity index (χ1v) is 9.42. The molecule has 3 fully saturated rings. The zero-order valence-corrected chi connectivity index (χ0v) is 14.9. The number of rotatable bonds is 1. The molecule has 0 aromatic rings. The Labute approximate surface area is 131 Å². The Kier molecular flexibility index (Phi) is 3.96. The maximum absolute atomic E-state index is 10.4. The van der Waals surface area contributed by atoms with Crippen LogP contribution in [0.2, 0.25) is 0 Å². The first-order chi connectivity index (χ1) is 9.74. The van der Waals surface area contributed by atoms with Gasteiger partial charge in [-0.2, -0.15) is 0 Å². The summed E-state index contributed by atoms with van der Waals surface area (Å²) in [5.41, 5.74) is 0.984. The van der Waals surface area contributed by atoms with Crippen molar-refractivity contribution < 1.29 is 5.11 Å². The van der Waals surface area contributed by atoms with E-state index in [0.29, 0.717) is 16.7 Å². The van der Waals surface area contributed by atoms with Crippen LogP contribution >= 0.6 is 0 Å². The molecule has 0 aliphatic heterocycles. The summed E-state index contributed by atoms with van der Waals surface area (Å²) in [6.45, 7) is 12.3. The highest BCUT2D eigenvalue weighted by Crippen LogP contribution is 2.66. The largest absolute Gasteiger partial charge is 0.393 e. The Balaban J connectivity index is 1.85. The van der Waals surface area contributed by atoms with E-state index in [1.165, 1.54) is 38.5 Å². The zero-order chi connectivity index (χ0) is 15.4. The van der Waals surface area contributed by atoms with E-state index in [-0.39, 0.29) is 6.10 Å². The molecule has 3 saturated carbocycles. The molecule has 0 saturated heterocycles. The van der Waals surface area contributed by atoms with Crippen molar-refractivity contribution in [1.29, 1.82) is 0 Å². The summed E-state index contributed by atoms with van der Waals surface area (Å²) in [7, 11) is 0. The molecule has 7 atom stereocenters. The number of fused-ring (bicyclic) bond motifs is 1. The number of aliphatic hydroxyl groups is 1. The smallest absolute Gasteiger partial charge is 0.0568 e. The average Bonchev–Trinajstić information content (AvgIpc) is 2.60. The summed E-state index contributed by atoms with van der Waals surface area (Å²) in [6.07, 6.45) is 9.29. The lowest BCUT2D eigenvalue weighted by atomic mass is 9.58. The van der Waals surface area contributed by atoms with Crippen molar-refractivity contribution in [3.05, 3.63) is 0 Å². The first-order valence-electron chi connectivity index (χ1n) is 9.42. The molecule has 0 amide bonds. The van der Waals surface area contributed by atoms with Gasteiger partial charge in [0.15, 0.2) is 0 Å². The van der Waals surface area contributed by atoms with Gasteiger partial charge in [0.05, 0.1) is 6.10 Å². The average molecular weight is 293 g/mol. The first kappa shape index (κ1) is 15.8. The second-order valence-electron chi connectivity index (χ2n) is 9.86. The highest BCUT2D eigenvalue weighted by atomic mass is 16.3. The Morgan fingerprint density at radius 1 is 0.857 bits per heavy atom. The van der Waals surface area contributed by atoms with Crippen LogP contribution in [0.3, 0.4) is 0 Å². The molecule has 0 heterocycles. The number of hydrogen-bond donors (Lipinski definition) is 1. The van der Waals surface area contributed by atoms with E-state index < -0.39 is 0 Å². The highest BCUT2D eigenvalue weighted by Gasteiger charge is 2.58. The molecule has 7 unspecified atom stereocenters. The zero-order valence-electron chi connectivity index (χ0n) is 14.9. The van der Waals surface area contributed by atoms with Crippen molar-refractivity contribution in [3.63, 3.8) is 0 Å². The van der Waals surface area contributed by atoms with Crippen LogP contribution in [0.5, 0.6) is 0 Å². The third kappa shape index (κ3) is 2.58. The van der Waals surface area contributed by atoms with Crippen molar-refractivity contribution in [3.8, 4) is 0 Å². The minimum atomic E-state index is -0.0521. The molecule has 122 valence electrons. The predicted octanol–water partition coefficient (Wildman–Crippen LogP) is 5.27. The van der Waals surface area contributed by atoms with Crippen molar-refractivity contribution in [1.82, 2.24) is 0 Å². The summed E-state index contributed by atoms with van der Waals surface area (Å²) in [5, 5.41) is 10.4. The maximum Gasteiger partial charge on any atom is 0.0568 e. The number of hydrogen-bond acceptors (Lipinski definition) is 1. The van der Waals surface area contributed by atoms with Gasteiger partial charge >= 0.3 is 0 Å². The van der Waals surface area contributed by atoms with Crippen LogP contribution in [0.15, 0.2) is 0 Å². The Morgan fingerprint density at radius 2 is 1.57 bits per heavy atom. The van der Waals surface area contributed by atoms with E-state index in [0.717, 1.165) is 30.1 Å². The Hall–Kier alpha value is -0.0400. The third-order valence-corrected chi connectivity index (χ3v) is 7.89. The second-order valence-corrected chi connectivity index (χ2v) is 9.86. The molecule has 3 aliphatic carbocycles. The van der Waals surface area contributed by atoms with Crippen molar-refractivity contribution in [2.75, 3.05) is 0 Å². The predicted molar refractivity (Wildman–Crippen MR) is 89.0 cm³/mol. The van der Waals surface area contributed by atoms with Gasteiger partial charge < -0.3 is 5.11 Å². The lowest BCUT2D eigenvalue weighted by molar-refractivity contribution is -0.0206. The van der Waals surface area contributed by atoms with Crippen molar-refractivity contribution in [2.24, 2.45) is 40.4 Å². The van der Waals surface area contributed by atoms with Crippen LogP contribution in [-0.2, 0) is 0 Å². The standard InChI is InChI=1S/C20H36O/c1-13-6-9-16-17(10-13)20(5,12-19(16,3)4)15-8-7-14(2)18(21)11-15/h13-18,21H,6-12H2,1-5H3. The molecule has 0 bridgehead atoms. The maximum atomic E-state index is 10.4. The normalized spacial score (nSPS) is 53.4. The molecule has 0 aromatic heterocycles. The van der Waals surface area contributed by atoms with Crippen molar-refractivity contribution >= 4 is 0 Å². The minimum Gasteiger partial charge on any atom is -0.393 e. The summed E-state index contributed by atoms with van der Waals surface area (Å²) in [6, 6.07) is 0. The van der Waals surface area contributed by atoms with E-state index in [1.807, 2.05) is 0 Å². The molecule has 1 heteroatoms. The summed E-state index contributed by atoms with van der Waals surface area (Å²) in [4.78, 5) is 0. The van der Waals surface area contributed by atoms with Gasteiger partial charge in [-0.15, -0.1) is 0 Å². The van der Waals surface area contributed by atoms with Crippen molar-refractivity contribution in [2.45, 2.75) is 85.7 Å². The van der Waals surface area contributed by atoms with E-state index in [9.17, 15) is 5.11 Å². The molecule has 3 rings (SSSR count). The fourth-order valence-electron chi connectivity index (χ4n) is 6.63. The lowest BCUT2D eigenvalue weighted by Gasteiger charge is -2.47. The molecular weight excluding hydrogens is 256 g/mol. The van der Waals surface area contributed by atoms with Gasteiger partial charge in [-0.05, 0) is 78.9 Å². The SMILES string of the molecule is CC1CCC2C(C1)C(C)(C1CCC(C)C(O)C1)CC2(C)C. The molecule has 21 heavy (non-hydrogen) atoms. The lowest BCUT2D eigenvalue weighted by Crippen LogP contribution is -2.41. The quantitative estimate of drug-likeness (QED) is 0.698. The Morgan fingerprint density at radius 3 is 2.24 bits per heavy atom. The molecule has 1 nitrogen and oxygen atoms in total. The van der Waals surface area contributed by atoms with Crippen LogP contribution in [0.25, 0.3) is 0 Å². The summed E-state index contributed by atoms with van der Waals surface area (Å²) < 4.78 is 0. The van der Waals surface area contributed by atoms with Gasteiger partial charge in [0.25, 0.3) is 0 Å². The van der Waals surface area contributed by atoms with E-state index >= 15 is 0 Å². The molecule has 0 spiro atoms.